The molecule has 1 aromatic heterocycles. The van der Waals surface area contributed by atoms with Crippen LogP contribution < -0.4 is 14.8 Å². The van der Waals surface area contributed by atoms with E-state index in [9.17, 15) is 13.2 Å². The van der Waals surface area contributed by atoms with Gasteiger partial charge in [-0.25, -0.2) is 8.42 Å². The summed E-state index contributed by atoms with van der Waals surface area (Å²) < 4.78 is 38.9. The SMILES string of the molecule is COc1ccc(S(=O)(=O)N2CC(C(=O)NCc3cccnc3)C(c3ccccc3OC)C2)cc1. The number of carbonyl (C=O) groups excluding carboxylic acids is 1. The highest BCUT2D eigenvalue weighted by Gasteiger charge is 2.44. The molecule has 3 aromatic rings. The van der Waals surface area contributed by atoms with Gasteiger partial charge in [-0.2, -0.15) is 4.31 Å². The average molecular weight is 482 g/mol. The Bertz CT molecular complexity index is 1230. The van der Waals surface area contributed by atoms with Gasteiger partial charge in [0.15, 0.2) is 0 Å². The number of sulfonamides is 1. The zero-order chi connectivity index (χ0) is 24.1. The van der Waals surface area contributed by atoms with Gasteiger partial charge in [-0.15, -0.1) is 0 Å². The minimum atomic E-state index is -3.81. The van der Waals surface area contributed by atoms with Crippen LogP contribution in [-0.4, -0.2) is 50.9 Å². The largest absolute Gasteiger partial charge is 0.497 e. The molecule has 178 valence electrons. The average Bonchev–Trinajstić information content (AvgIpc) is 3.34. The van der Waals surface area contributed by atoms with Crippen LogP contribution in [-0.2, 0) is 21.4 Å². The Morgan fingerprint density at radius 1 is 1.03 bits per heavy atom. The molecule has 34 heavy (non-hydrogen) atoms. The van der Waals surface area contributed by atoms with Gasteiger partial charge in [0.05, 0.1) is 25.0 Å². The van der Waals surface area contributed by atoms with Crippen LogP contribution in [0, 0.1) is 5.92 Å². The monoisotopic (exact) mass is 481 g/mol. The fourth-order valence-corrected chi connectivity index (χ4v) is 5.73. The Labute approximate surface area is 199 Å². The Kier molecular flexibility index (Phi) is 7.14. The molecule has 4 rings (SSSR count). The zero-order valence-electron chi connectivity index (χ0n) is 19.0. The molecule has 1 saturated heterocycles. The molecule has 1 fully saturated rings. The quantitative estimate of drug-likeness (QED) is 0.531. The number of nitrogens with one attached hydrogen (secondary N) is 1. The third kappa shape index (κ3) is 4.90. The first-order valence-corrected chi connectivity index (χ1v) is 12.3. The van der Waals surface area contributed by atoms with Crippen LogP contribution in [0.3, 0.4) is 0 Å². The number of para-hydroxylation sites is 1. The molecule has 0 bridgehead atoms. The molecular weight excluding hydrogens is 454 g/mol. The van der Waals surface area contributed by atoms with Gasteiger partial charge in [0, 0.05) is 37.9 Å². The maximum atomic E-state index is 13.4. The third-order valence-corrected chi connectivity index (χ3v) is 7.89. The number of pyridine rings is 1. The number of nitrogens with zero attached hydrogens (tertiary/aromatic N) is 2. The number of ether oxygens (including phenoxy) is 2. The minimum Gasteiger partial charge on any atom is -0.497 e. The molecule has 0 spiro atoms. The van der Waals surface area contributed by atoms with Gasteiger partial charge in [0.25, 0.3) is 0 Å². The topological polar surface area (TPSA) is 97.8 Å². The zero-order valence-corrected chi connectivity index (χ0v) is 19.9. The number of hydrogen-bond acceptors (Lipinski definition) is 6. The van der Waals surface area contributed by atoms with Crippen molar-refractivity contribution in [2.75, 3.05) is 27.3 Å². The molecule has 1 aliphatic rings. The van der Waals surface area contributed by atoms with Crippen molar-refractivity contribution in [1.29, 1.82) is 0 Å². The summed E-state index contributed by atoms with van der Waals surface area (Å²) in [5.41, 5.74) is 1.67. The van der Waals surface area contributed by atoms with Crippen LogP contribution in [0.15, 0.2) is 78.0 Å². The fraction of sp³-hybridized carbons (Fsp3) is 0.280. The van der Waals surface area contributed by atoms with E-state index in [1.165, 1.54) is 23.5 Å². The molecule has 1 aliphatic heterocycles. The summed E-state index contributed by atoms with van der Waals surface area (Å²) in [6.45, 7) is 0.544. The highest BCUT2D eigenvalue weighted by atomic mass is 32.2. The van der Waals surface area contributed by atoms with Crippen molar-refractivity contribution in [3.8, 4) is 11.5 Å². The van der Waals surface area contributed by atoms with E-state index in [0.717, 1.165) is 11.1 Å². The second-order valence-corrected chi connectivity index (χ2v) is 9.97. The first-order chi connectivity index (χ1) is 16.4. The number of hydrogen-bond donors (Lipinski definition) is 1. The molecular formula is C25H27N3O5S. The molecule has 2 unspecified atom stereocenters. The van der Waals surface area contributed by atoms with Gasteiger partial charge in [0.2, 0.25) is 15.9 Å². The van der Waals surface area contributed by atoms with Crippen molar-refractivity contribution in [2.24, 2.45) is 5.92 Å². The standard InChI is InChI=1S/C25H27N3O5S/c1-32-19-9-11-20(12-10-19)34(30,31)28-16-22(21-7-3-4-8-24(21)33-2)23(17-28)25(29)27-15-18-6-5-13-26-14-18/h3-14,22-23H,15-17H2,1-2H3,(H,27,29). The van der Waals surface area contributed by atoms with Crippen LogP contribution in [0.4, 0.5) is 0 Å². The number of benzene rings is 2. The van der Waals surface area contributed by atoms with Crippen molar-refractivity contribution >= 4 is 15.9 Å². The predicted molar refractivity (Wildman–Crippen MR) is 127 cm³/mol. The Morgan fingerprint density at radius 2 is 1.79 bits per heavy atom. The number of carbonyl (C=O) groups is 1. The normalized spacial score (nSPS) is 18.4. The van der Waals surface area contributed by atoms with Crippen molar-refractivity contribution in [1.82, 2.24) is 14.6 Å². The lowest BCUT2D eigenvalue weighted by Gasteiger charge is -2.20. The van der Waals surface area contributed by atoms with Gasteiger partial charge in [-0.3, -0.25) is 9.78 Å². The molecule has 8 nitrogen and oxygen atoms in total. The summed E-state index contributed by atoms with van der Waals surface area (Å²) in [4.78, 5) is 17.5. The summed E-state index contributed by atoms with van der Waals surface area (Å²) in [6.07, 6.45) is 3.36. The Morgan fingerprint density at radius 3 is 2.47 bits per heavy atom. The van der Waals surface area contributed by atoms with E-state index in [1.54, 1.807) is 37.7 Å². The van der Waals surface area contributed by atoms with Crippen LogP contribution in [0.1, 0.15) is 17.0 Å². The molecule has 2 atom stereocenters. The number of rotatable bonds is 8. The number of amides is 1. The molecule has 1 amide bonds. The lowest BCUT2D eigenvalue weighted by atomic mass is 9.87. The lowest BCUT2D eigenvalue weighted by Crippen LogP contribution is -2.35. The second kappa shape index (κ2) is 10.2. The van der Waals surface area contributed by atoms with Crippen LogP contribution >= 0.6 is 0 Å². The Balaban J connectivity index is 1.62. The lowest BCUT2D eigenvalue weighted by molar-refractivity contribution is -0.125. The Hall–Kier alpha value is -3.43. The highest BCUT2D eigenvalue weighted by molar-refractivity contribution is 7.89. The van der Waals surface area contributed by atoms with Crippen molar-refractivity contribution in [3.05, 3.63) is 84.2 Å². The first kappa shape index (κ1) is 23.7. The van der Waals surface area contributed by atoms with Gasteiger partial charge in [-0.05, 0) is 47.5 Å². The van der Waals surface area contributed by atoms with E-state index >= 15 is 0 Å². The summed E-state index contributed by atoms with van der Waals surface area (Å²) >= 11 is 0. The highest BCUT2D eigenvalue weighted by Crippen LogP contribution is 2.39. The summed E-state index contributed by atoms with van der Waals surface area (Å²) in [7, 11) is -0.720. The first-order valence-electron chi connectivity index (χ1n) is 10.9. The molecule has 0 saturated carbocycles. The van der Waals surface area contributed by atoms with E-state index < -0.39 is 15.9 Å². The van der Waals surface area contributed by atoms with Crippen LogP contribution in [0.5, 0.6) is 11.5 Å². The van der Waals surface area contributed by atoms with Gasteiger partial charge in [0.1, 0.15) is 11.5 Å². The smallest absolute Gasteiger partial charge is 0.243 e. The number of methoxy groups -OCH3 is 2. The van der Waals surface area contributed by atoms with Crippen LogP contribution in [0.25, 0.3) is 0 Å². The molecule has 2 heterocycles. The van der Waals surface area contributed by atoms with E-state index in [4.69, 9.17) is 9.47 Å². The second-order valence-electron chi connectivity index (χ2n) is 8.03. The predicted octanol–water partition coefficient (Wildman–Crippen LogP) is 2.82. The van der Waals surface area contributed by atoms with Crippen molar-refractivity contribution in [3.63, 3.8) is 0 Å². The summed E-state index contributed by atoms with van der Waals surface area (Å²) in [6, 6.07) is 17.3. The fourth-order valence-electron chi connectivity index (χ4n) is 4.24. The van der Waals surface area contributed by atoms with E-state index in [2.05, 4.69) is 10.3 Å². The molecule has 0 aliphatic carbocycles. The van der Waals surface area contributed by atoms with E-state index in [-0.39, 0.29) is 29.8 Å². The van der Waals surface area contributed by atoms with Gasteiger partial charge in [-0.1, -0.05) is 24.3 Å². The molecule has 2 aromatic carbocycles. The molecule has 9 heteroatoms. The van der Waals surface area contributed by atoms with Gasteiger partial charge >= 0.3 is 0 Å². The van der Waals surface area contributed by atoms with Gasteiger partial charge < -0.3 is 14.8 Å². The summed E-state index contributed by atoms with van der Waals surface area (Å²) in [5, 5.41) is 2.95. The number of aromatic nitrogens is 1. The van der Waals surface area contributed by atoms with E-state index in [0.29, 0.717) is 18.0 Å². The maximum absolute atomic E-state index is 13.4. The van der Waals surface area contributed by atoms with E-state index in [1.807, 2.05) is 30.3 Å². The molecule has 0 radical (unpaired) electrons. The third-order valence-electron chi connectivity index (χ3n) is 6.05. The minimum absolute atomic E-state index is 0.0654. The molecule has 1 N–H and O–H groups in total. The van der Waals surface area contributed by atoms with Crippen molar-refractivity contribution in [2.45, 2.75) is 17.4 Å². The maximum Gasteiger partial charge on any atom is 0.243 e. The summed E-state index contributed by atoms with van der Waals surface area (Å²) in [5.74, 6) is 0.0347. The van der Waals surface area contributed by atoms with Crippen LogP contribution in [0.2, 0.25) is 0 Å². The van der Waals surface area contributed by atoms with Crippen molar-refractivity contribution < 1.29 is 22.7 Å².